The number of anilines is 1. The summed E-state index contributed by atoms with van der Waals surface area (Å²) in [5, 5.41) is 13.1. The van der Waals surface area contributed by atoms with E-state index in [0.29, 0.717) is 17.0 Å². The number of nitriles is 1. The highest BCUT2D eigenvalue weighted by Gasteiger charge is 2.56. The van der Waals surface area contributed by atoms with Gasteiger partial charge in [-0.25, -0.2) is 4.98 Å². The van der Waals surface area contributed by atoms with Crippen molar-refractivity contribution in [3.05, 3.63) is 48.0 Å². The van der Waals surface area contributed by atoms with Gasteiger partial charge in [0.25, 0.3) is 0 Å². The van der Waals surface area contributed by atoms with Crippen LogP contribution in [-0.4, -0.2) is 69.8 Å². The Hall–Kier alpha value is -2.95. The molecule has 14 heteroatoms. The SMILES string of the molecule is CCOP(=O)(COC[C@H]1O[C@@H](n2cnc3c(N[C@@H](C)c4ccccc4)nc(C#N)nc32)[C@@H]2OC(C)(C)O[C@@H]21)OCC. The summed E-state index contributed by atoms with van der Waals surface area (Å²) < 4.78 is 49.8. The molecule has 1 N–H and O–H groups in total. The maximum Gasteiger partial charge on any atom is 0.356 e. The Morgan fingerprint density at radius 1 is 1.15 bits per heavy atom. The zero-order chi connectivity index (χ0) is 29.2. The average Bonchev–Trinajstić information content (AvgIpc) is 3.60. The fourth-order valence-electron chi connectivity index (χ4n) is 5.09. The van der Waals surface area contributed by atoms with Gasteiger partial charge in [0.15, 0.2) is 29.0 Å². The maximum absolute atomic E-state index is 12.8. The summed E-state index contributed by atoms with van der Waals surface area (Å²) in [4.78, 5) is 13.4. The van der Waals surface area contributed by atoms with Gasteiger partial charge in [0.2, 0.25) is 5.82 Å². The van der Waals surface area contributed by atoms with E-state index in [9.17, 15) is 9.83 Å². The van der Waals surface area contributed by atoms with E-state index in [4.69, 9.17) is 28.0 Å². The molecular formula is C27H35N6O7P. The van der Waals surface area contributed by atoms with Crippen molar-refractivity contribution in [2.45, 2.75) is 71.0 Å². The Kier molecular flexibility index (Phi) is 8.73. The summed E-state index contributed by atoms with van der Waals surface area (Å²) >= 11 is 0. The van der Waals surface area contributed by atoms with Crippen LogP contribution in [0.15, 0.2) is 36.7 Å². The number of hydrogen-bond acceptors (Lipinski definition) is 12. The standard InChI is InChI=1S/C27H35N6O7P/c1-6-36-41(34,37-7-2)16-35-14-19-22-23(40-27(4,5)39-22)26(38-19)33-15-29-21-24(31-20(13-28)32-25(21)33)30-17(3)18-11-9-8-10-12-18/h8-12,15,17,19,22-23,26H,6-7,14,16H2,1-5H3,(H,30,31,32)/t17-,19+,22+,23+,26+/m0/s1. The molecule has 0 saturated carbocycles. The van der Waals surface area contributed by atoms with Gasteiger partial charge in [0.1, 0.15) is 30.7 Å². The van der Waals surface area contributed by atoms with Crippen molar-refractivity contribution < 1.29 is 32.6 Å². The van der Waals surface area contributed by atoms with Gasteiger partial charge in [0, 0.05) is 0 Å². The van der Waals surface area contributed by atoms with Crippen LogP contribution in [0.3, 0.4) is 0 Å². The number of fused-ring (bicyclic) bond motifs is 2. The fraction of sp³-hybridized carbons (Fsp3) is 0.556. The van der Waals surface area contributed by atoms with Gasteiger partial charge in [-0.05, 0) is 40.2 Å². The zero-order valence-corrected chi connectivity index (χ0v) is 24.6. The fourth-order valence-corrected chi connectivity index (χ4v) is 6.43. The van der Waals surface area contributed by atoms with E-state index in [1.807, 2.05) is 57.2 Å². The molecule has 2 aromatic heterocycles. The van der Waals surface area contributed by atoms with Crippen molar-refractivity contribution in [2.24, 2.45) is 0 Å². The maximum atomic E-state index is 12.8. The smallest absolute Gasteiger partial charge is 0.356 e. The van der Waals surface area contributed by atoms with Crippen molar-refractivity contribution in [1.29, 1.82) is 5.26 Å². The number of aromatic nitrogens is 4. The Labute approximate surface area is 238 Å². The molecule has 2 fully saturated rings. The van der Waals surface area contributed by atoms with Crippen molar-refractivity contribution in [2.75, 3.05) is 31.5 Å². The zero-order valence-electron chi connectivity index (χ0n) is 23.7. The van der Waals surface area contributed by atoms with Crippen molar-refractivity contribution >= 4 is 24.6 Å². The Morgan fingerprint density at radius 3 is 2.54 bits per heavy atom. The molecule has 0 bridgehead atoms. The lowest BCUT2D eigenvalue weighted by molar-refractivity contribution is -0.201. The summed E-state index contributed by atoms with van der Waals surface area (Å²) in [6.45, 7) is 9.68. The topological polar surface area (TPSA) is 152 Å². The molecular weight excluding hydrogens is 551 g/mol. The second-order valence-corrected chi connectivity index (χ2v) is 12.2. The van der Waals surface area contributed by atoms with Crippen LogP contribution in [0.1, 0.15) is 58.3 Å². The van der Waals surface area contributed by atoms with Gasteiger partial charge in [-0.3, -0.25) is 9.13 Å². The molecule has 2 saturated heterocycles. The second-order valence-electron chi connectivity index (χ2n) is 10.2. The number of nitrogens with one attached hydrogen (secondary N) is 1. The third-order valence-electron chi connectivity index (χ3n) is 6.76. The average molecular weight is 587 g/mol. The quantitative estimate of drug-likeness (QED) is 0.297. The van der Waals surface area contributed by atoms with Gasteiger partial charge in [-0.2, -0.15) is 15.2 Å². The lowest BCUT2D eigenvalue weighted by Gasteiger charge is -2.25. The Bertz CT molecular complexity index is 1440. The predicted molar refractivity (Wildman–Crippen MR) is 148 cm³/mol. The van der Waals surface area contributed by atoms with Gasteiger partial charge < -0.3 is 33.3 Å². The highest BCUT2D eigenvalue weighted by molar-refractivity contribution is 7.53. The molecule has 5 rings (SSSR count). The largest absolute Gasteiger partial charge is 0.366 e. The first-order chi connectivity index (χ1) is 19.7. The lowest BCUT2D eigenvalue weighted by Crippen LogP contribution is -2.33. The normalized spacial score (nSPS) is 24.3. The molecule has 1 aromatic carbocycles. The third-order valence-corrected chi connectivity index (χ3v) is 8.56. The van der Waals surface area contributed by atoms with Gasteiger partial charge >= 0.3 is 7.60 Å². The van der Waals surface area contributed by atoms with Crippen LogP contribution in [0.4, 0.5) is 5.82 Å². The van der Waals surface area contributed by atoms with Crippen LogP contribution in [0.2, 0.25) is 0 Å². The predicted octanol–water partition coefficient (Wildman–Crippen LogP) is 4.53. The van der Waals surface area contributed by atoms with Crippen molar-refractivity contribution in [3.63, 3.8) is 0 Å². The number of benzene rings is 1. The van der Waals surface area contributed by atoms with Crippen molar-refractivity contribution in [3.8, 4) is 6.07 Å². The lowest BCUT2D eigenvalue weighted by atomic mass is 10.1. The molecule has 4 heterocycles. The minimum absolute atomic E-state index is 0.0111. The van der Waals surface area contributed by atoms with E-state index in [-0.39, 0.29) is 38.0 Å². The molecule has 0 radical (unpaired) electrons. The molecule has 13 nitrogen and oxygen atoms in total. The van der Waals surface area contributed by atoms with Gasteiger partial charge in [-0.1, -0.05) is 30.3 Å². The van der Waals surface area contributed by atoms with Gasteiger partial charge in [-0.15, -0.1) is 0 Å². The van der Waals surface area contributed by atoms with E-state index in [1.165, 1.54) is 0 Å². The first-order valence-electron chi connectivity index (χ1n) is 13.6. The molecule has 220 valence electrons. The molecule has 41 heavy (non-hydrogen) atoms. The van der Waals surface area contributed by atoms with E-state index < -0.39 is 37.9 Å². The molecule has 0 aliphatic carbocycles. The number of hydrogen-bond donors (Lipinski definition) is 1. The summed E-state index contributed by atoms with van der Waals surface area (Å²) in [6, 6.07) is 11.8. The molecule has 5 atom stereocenters. The van der Waals surface area contributed by atoms with Crippen LogP contribution in [0, 0.1) is 11.3 Å². The first-order valence-corrected chi connectivity index (χ1v) is 15.3. The molecule has 0 spiro atoms. The minimum atomic E-state index is -3.39. The van der Waals surface area contributed by atoms with E-state index >= 15 is 0 Å². The molecule has 3 aromatic rings. The van der Waals surface area contributed by atoms with Crippen LogP contribution in [0.25, 0.3) is 11.2 Å². The summed E-state index contributed by atoms with van der Waals surface area (Å²) in [7, 11) is -3.39. The molecule has 2 aliphatic rings. The highest BCUT2D eigenvalue weighted by Crippen LogP contribution is 2.49. The van der Waals surface area contributed by atoms with E-state index in [0.717, 1.165) is 5.56 Å². The Morgan fingerprint density at radius 2 is 1.85 bits per heavy atom. The summed E-state index contributed by atoms with van der Waals surface area (Å²) in [5.74, 6) is -0.451. The molecule has 0 amide bonds. The van der Waals surface area contributed by atoms with Crippen LogP contribution in [0.5, 0.6) is 0 Å². The van der Waals surface area contributed by atoms with Gasteiger partial charge in [0.05, 0.1) is 32.2 Å². The highest BCUT2D eigenvalue weighted by atomic mass is 31.2. The number of rotatable bonds is 12. The number of ether oxygens (including phenoxy) is 4. The van der Waals surface area contributed by atoms with Crippen LogP contribution >= 0.6 is 7.60 Å². The van der Waals surface area contributed by atoms with Crippen LogP contribution in [-0.2, 0) is 32.6 Å². The Balaban J connectivity index is 1.41. The van der Waals surface area contributed by atoms with E-state index in [2.05, 4.69) is 20.3 Å². The minimum Gasteiger partial charge on any atom is -0.366 e. The number of nitrogens with zero attached hydrogens (tertiary/aromatic N) is 5. The third kappa shape index (κ3) is 6.29. The van der Waals surface area contributed by atoms with E-state index in [1.54, 1.807) is 24.7 Å². The summed E-state index contributed by atoms with van der Waals surface area (Å²) in [6.07, 6.45) is -0.888. The van der Waals surface area contributed by atoms with Crippen molar-refractivity contribution in [1.82, 2.24) is 19.5 Å². The monoisotopic (exact) mass is 586 g/mol. The second kappa shape index (κ2) is 12.1. The van der Waals surface area contributed by atoms with Crippen LogP contribution < -0.4 is 5.32 Å². The first kappa shape index (κ1) is 29.5. The number of imidazole rings is 1. The molecule has 0 unspecified atom stereocenters. The molecule has 2 aliphatic heterocycles. The summed E-state index contributed by atoms with van der Waals surface area (Å²) in [5.41, 5.74) is 1.95.